The third kappa shape index (κ3) is 2.43. The van der Waals surface area contributed by atoms with Crippen LogP contribution in [0.4, 0.5) is 14.9 Å². The summed E-state index contributed by atoms with van der Waals surface area (Å²) < 4.78 is 21.7. The van der Waals surface area contributed by atoms with Gasteiger partial charge in [-0.15, -0.1) is 0 Å². The lowest BCUT2D eigenvalue weighted by Gasteiger charge is -2.20. The lowest BCUT2D eigenvalue weighted by molar-refractivity contribution is 0.0747. The molecule has 4 unspecified atom stereocenters. The summed E-state index contributed by atoms with van der Waals surface area (Å²) in [6.07, 6.45) is 6.47. The Morgan fingerprint density at radius 1 is 1.12 bits per heavy atom. The second-order valence-electron chi connectivity index (χ2n) is 7.21. The van der Waals surface area contributed by atoms with Crippen LogP contribution < -0.4 is 5.32 Å². The molecule has 3 saturated heterocycles. The number of fused-ring (bicyclic) bond motifs is 5. The minimum Gasteiger partial charge on any atom is -0.374 e. The summed E-state index contributed by atoms with van der Waals surface area (Å²) in [4.78, 5) is 14.5. The fourth-order valence-electron chi connectivity index (χ4n) is 4.61. The number of urea groups is 1. The van der Waals surface area contributed by atoms with Crippen LogP contribution >= 0.6 is 0 Å². The van der Waals surface area contributed by atoms with Gasteiger partial charge in [-0.3, -0.25) is 0 Å². The predicted octanol–water partition coefficient (Wildman–Crippen LogP) is 3.26. The highest BCUT2D eigenvalue weighted by atomic mass is 19.1. The van der Waals surface area contributed by atoms with Gasteiger partial charge in [0.15, 0.2) is 0 Å². The van der Waals surface area contributed by atoms with Crippen LogP contribution in [0.2, 0.25) is 0 Å². The third-order valence-corrected chi connectivity index (χ3v) is 5.82. The molecule has 5 rings (SSSR count). The molecule has 0 spiro atoms. The van der Waals surface area contributed by atoms with Gasteiger partial charge in [-0.25, -0.2) is 9.18 Å². The van der Waals surface area contributed by atoms with E-state index in [4.69, 9.17) is 4.74 Å². The highest BCUT2D eigenvalue weighted by Crippen LogP contribution is 2.47. The number of amides is 2. The fraction of sp³-hybridized carbons (Fsp3) is 0.421. The molecule has 6 heteroatoms. The topological polar surface area (TPSA) is 46.5 Å². The Bertz CT molecular complexity index is 789. The molecular weight excluding hydrogens is 321 g/mol. The molecule has 2 amide bonds. The Balaban J connectivity index is 1.31. The molecule has 4 heterocycles. The van der Waals surface area contributed by atoms with Gasteiger partial charge >= 0.3 is 6.03 Å². The number of ether oxygens (including phenoxy) is 1. The molecule has 4 atom stereocenters. The SMILES string of the molecule is O=C(Nc1ccc(F)c(-n2cccc2)c1)N1CC2C3CCC(O3)C2C1. The van der Waals surface area contributed by atoms with Crippen LogP contribution in [-0.2, 0) is 4.74 Å². The number of nitrogens with one attached hydrogen (secondary N) is 1. The number of hydrogen-bond acceptors (Lipinski definition) is 2. The van der Waals surface area contributed by atoms with Crippen molar-refractivity contribution in [2.75, 3.05) is 18.4 Å². The quantitative estimate of drug-likeness (QED) is 0.911. The van der Waals surface area contributed by atoms with Crippen LogP contribution in [0.3, 0.4) is 0 Å². The molecule has 0 aliphatic carbocycles. The molecule has 25 heavy (non-hydrogen) atoms. The van der Waals surface area contributed by atoms with Crippen molar-refractivity contribution in [1.82, 2.24) is 9.47 Å². The van der Waals surface area contributed by atoms with E-state index >= 15 is 0 Å². The van der Waals surface area contributed by atoms with Crippen molar-refractivity contribution in [3.63, 3.8) is 0 Å². The van der Waals surface area contributed by atoms with Crippen LogP contribution in [-0.4, -0.2) is 40.8 Å². The van der Waals surface area contributed by atoms with Gasteiger partial charge in [0.25, 0.3) is 0 Å². The van der Waals surface area contributed by atoms with Crippen molar-refractivity contribution in [2.24, 2.45) is 11.8 Å². The first-order valence-corrected chi connectivity index (χ1v) is 8.83. The Hall–Kier alpha value is -2.34. The van der Waals surface area contributed by atoms with Crippen LogP contribution in [0.15, 0.2) is 42.7 Å². The first kappa shape index (κ1) is 15.0. The van der Waals surface area contributed by atoms with Crippen LogP contribution in [0.25, 0.3) is 5.69 Å². The summed E-state index contributed by atoms with van der Waals surface area (Å²) in [6.45, 7) is 1.51. The van der Waals surface area contributed by atoms with Crippen LogP contribution in [0.1, 0.15) is 12.8 Å². The summed E-state index contributed by atoms with van der Waals surface area (Å²) in [5.74, 6) is 0.639. The Labute approximate surface area is 145 Å². The number of carbonyl (C=O) groups is 1. The summed E-state index contributed by atoms with van der Waals surface area (Å²) in [6, 6.07) is 8.21. The fourth-order valence-corrected chi connectivity index (χ4v) is 4.61. The number of anilines is 1. The predicted molar refractivity (Wildman–Crippen MR) is 91.2 cm³/mol. The van der Waals surface area contributed by atoms with E-state index in [1.807, 2.05) is 17.0 Å². The molecule has 130 valence electrons. The minimum atomic E-state index is -0.321. The zero-order valence-corrected chi connectivity index (χ0v) is 13.8. The summed E-state index contributed by atoms with van der Waals surface area (Å²) in [7, 11) is 0. The number of nitrogens with zero attached hydrogens (tertiary/aromatic N) is 2. The minimum absolute atomic E-state index is 0.112. The van der Waals surface area contributed by atoms with Gasteiger partial charge < -0.3 is 19.5 Å². The zero-order chi connectivity index (χ0) is 17.0. The first-order chi connectivity index (χ1) is 12.2. The molecule has 2 bridgehead atoms. The molecule has 3 fully saturated rings. The molecule has 0 saturated carbocycles. The van der Waals surface area contributed by atoms with Crippen molar-refractivity contribution in [2.45, 2.75) is 25.0 Å². The van der Waals surface area contributed by atoms with E-state index in [0.29, 0.717) is 35.4 Å². The Kier molecular flexibility index (Phi) is 3.35. The molecule has 1 aromatic heterocycles. The molecule has 3 aliphatic rings. The molecule has 1 N–H and O–H groups in total. The standard InChI is InChI=1S/C19H20FN3O2/c20-15-4-3-12(9-16(15)22-7-1-2-8-22)21-19(24)23-10-13-14(11-23)18-6-5-17(13)25-18/h1-4,7-9,13-14,17-18H,5-6,10-11H2,(H,21,24). The van der Waals surface area contributed by atoms with Crippen molar-refractivity contribution in [1.29, 1.82) is 0 Å². The summed E-state index contributed by atoms with van der Waals surface area (Å²) in [5.41, 5.74) is 1.03. The average Bonchev–Trinajstić information content (AvgIpc) is 3.37. The molecule has 0 radical (unpaired) electrons. The first-order valence-electron chi connectivity index (χ1n) is 8.83. The Morgan fingerprint density at radius 3 is 2.48 bits per heavy atom. The number of likely N-dealkylation sites (tertiary alicyclic amines) is 1. The number of hydrogen-bond donors (Lipinski definition) is 1. The highest BCUT2D eigenvalue weighted by molar-refractivity contribution is 5.90. The number of aromatic nitrogens is 1. The van der Waals surface area contributed by atoms with Crippen molar-refractivity contribution in [3.05, 3.63) is 48.5 Å². The number of carbonyl (C=O) groups excluding carboxylic acids is 1. The maximum Gasteiger partial charge on any atom is 0.321 e. The summed E-state index contributed by atoms with van der Waals surface area (Å²) >= 11 is 0. The van der Waals surface area contributed by atoms with Gasteiger partial charge in [-0.1, -0.05) is 0 Å². The average molecular weight is 341 g/mol. The van der Waals surface area contributed by atoms with E-state index in [1.54, 1.807) is 29.1 Å². The lowest BCUT2D eigenvalue weighted by atomic mass is 9.82. The zero-order valence-electron chi connectivity index (χ0n) is 13.8. The van der Waals surface area contributed by atoms with Gasteiger partial charge in [0.05, 0.1) is 17.9 Å². The molecule has 3 aliphatic heterocycles. The molecule has 5 nitrogen and oxygen atoms in total. The molecule has 2 aromatic rings. The monoisotopic (exact) mass is 341 g/mol. The van der Waals surface area contributed by atoms with Gasteiger partial charge in [0, 0.05) is 43.0 Å². The Morgan fingerprint density at radius 2 is 1.80 bits per heavy atom. The second-order valence-corrected chi connectivity index (χ2v) is 7.21. The maximum absolute atomic E-state index is 14.1. The number of halogens is 1. The van der Waals surface area contributed by atoms with E-state index in [1.165, 1.54) is 6.07 Å². The lowest BCUT2D eigenvalue weighted by Crippen LogP contribution is -2.35. The van der Waals surface area contributed by atoms with Gasteiger partial charge in [0.2, 0.25) is 0 Å². The second kappa shape index (κ2) is 5.59. The normalized spacial score (nSPS) is 29.9. The van der Waals surface area contributed by atoms with Crippen molar-refractivity contribution >= 4 is 11.7 Å². The van der Waals surface area contributed by atoms with Gasteiger partial charge in [-0.05, 0) is 43.2 Å². The molecule has 1 aromatic carbocycles. The van der Waals surface area contributed by atoms with E-state index in [-0.39, 0.29) is 11.8 Å². The summed E-state index contributed by atoms with van der Waals surface area (Å²) in [5, 5.41) is 2.92. The van der Waals surface area contributed by atoms with Gasteiger partial charge in [-0.2, -0.15) is 0 Å². The van der Waals surface area contributed by atoms with Crippen molar-refractivity contribution < 1.29 is 13.9 Å². The van der Waals surface area contributed by atoms with Gasteiger partial charge in [0.1, 0.15) is 5.82 Å². The van der Waals surface area contributed by atoms with E-state index in [0.717, 1.165) is 25.9 Å². The molecular formula is C19H20FN3O2. The highest BCUT2D eigenvalue weighted by Gasteiger charge is 2.53. The number of rotatable bonds is 2. The largest absolute Gasteiger partial charge is 0.374 e. The van der Waals surface area contributed by atoms with E-state index < -0.39 is 0 Å². The van der Waals surface area contributed by atoms with Crippen LogP contribution in [0.5, 0.6) is 0 Å². The third-order valence-electron chi connectivity index (χ3n) is 5.82. The van der Waals surface area contributed by atoms with Crippen LogP contribution in [0, 0.1) is 17.7 Å². The van der Waals surface area contributed by atoms with E-state index in [9.17, 15) is 9.18 Å². The van der Waals surface area contributed by atoms with Crippen molar-refractivity contribution in [3.8, 4) is 5.69 Å². The maximum atomic E-state index is 14.1. The number of benzene rings is 1. The van der Waals surface area contributed by atoms with E-state index in [2.05, 4.69) is 5.32 Å². The smallest absolute Gasteiger partial charge is 0.321 e.